The monoisotopic (exact) mass is 553 g/mol. The lowest BCUT2D eigenvalue weighted by Gasteiger charge is -2.18. The van der Waals surface area contributed by atoms with Crippen LogP contribution in [-0.2, 0) is 20.9 Å². The van der Waals surface area contributed by atoms with E-state index in [1.165, 1.54) is 30.6 Å². The fourth-order valence-electron chi connectivity index (χ4n) is 4.39. The second-order valence-electron chi connectivity index (χ2n) is 9.27. The smallest absolute Gasteiger partial charge is 0.406 e. The molecule has 2 fully saturated rings. The molecule has 0 saturated carbocycles. The maximum absolute atomic E-state index is 12.3. The molecule has 2 saturated heterocycles. The minimum absolute atomic E-state index is 0.0253. The second-order valence-corrected chi connectivity index (χ2v) is 9.27. The van der Waals surface area contributed by atoms with Gasteiger partial charge in [-0.15, -0.1) is 13.2 Å². The number of nitrogens with zero attached hydrogens (tertiary/aromatic N) is 2. The van der Waals surface area contributed by atoms with E-state index in [0.717, 1.165) is 19.3 Å². The van der Waals surface area contributed by atoms with Gasteiger partial charge in [-0.2, -0.15) is 5.10 Å². The number of amides is 2. The first kappa shape index (κ1) is 29.7. The van der Waals surface area contributed by atoms with Gasteiger partial charge >= 0.3 is 6.36 Å². The van der Waals surface area contributed by atoms with Crippen molar-refractivity contribution >= 4 is 23.7 Å². The van der Waals surface area contributed by atoms with Gasteiger partial charge in [0.15, 0.2) is 5.71 Å². The van der Waals surface area contributed by atoms with E-state index in [1.54, 1.807) is 6.07 Å². The van der Waals surface area contributed by atoms with Gasteiger partial charge < -0.3 is 37.0 Å². The third-order valence-corrected chi connectivity index (χ3v) is 6.31. The minimum Gasteiger partial charge on any atom is -0.406 e. The van der Waals surface area contributed by atoms with Gasteiger partial charge in [0.25, 0.3) is 11.8 Å². The summed E-state index contributed by atoms with van der Waals surface area (Å²) in [5, 5.41) is 11.8. The van der Waals surface area contributed by atoms with Crippen LogP contribution in [0.5, 0.6) is 5.75 Å². The molecule has 2 heterocycles. The molecule has 3 rings (SSSR count). The quantitative estimate of drug-likeness (QED) is 0.0764. The summed E-state index contributed by atoms with van der Waals surface area (Å²) in [6, 6.07) is 5.29. The second kappa shape index (κ2) is 14.4. The number of hydrogen-bond donors (Lipinski definition) is 5. The first-order valence-electron chi connectivity index (χ1n) is 12.7. The first-order valence-corrected chi connectivity index (χ1v) is 12.7. The summed E-state index contributed by atoms with van der Waals surface area (Å²) in [5.74, 6) is 4.34. The lowest BCUT2D eigenvalue weighted by atomic mass is 9.89. The predicted octanol–water partition coefficient (Wildman–Crippen LogP) is 1.44. The number of carbonyl (C=O) groups is 2. The third-order valence-electron chi connectivity index (χ3n) is 6.31. The van der Waals surface area contributed by atoms with Crippen molar-refractivity contribution in [3.63, 3.8) is 0 Å². The number of rotatable bonds is 14. The van der Waals surface area contributed by atoms with Gasteiger partial charge in [0.2, 0.25) is 0 Å². The average molecular weight is 554 g/mol. The summed E-state index contributed by atoms with van der Waals surface area (Å²) >= 11 is 0. The van der Waals surface area contributed by atoms with Gasteiger partial charge in [0.1, 0.15) is 11.4 Å². The van der Waals surface area contributed by atoms with Crippen LogP contribution < -0.4 is 32.3 Å². The van der Waals surface area contributed by atoms with Crippen LogP contribution in [-0.4, -0.2) is 61.9 Å². The number of fused-ring (bicyclic) bond motifs is 2. The summed E-state index contributed by atoms with van der Waals surface area (Å²) in [5.41, 5.74) is 6.13. The summed E-state index contributed by atoms with van der Waals surface area (Å²) in [4.78, 5) is 28.6. The Morgan fingerprint density at radius 2 is 2.00 bits per heavy atom. The van der Waals surface area contributed by atoms with Crippen LogP contribution in [0.1, 0.15) is 37.7 Å². The van der Waals surface area contributed by atoms with Crippen LogP contribution in [0.15, 0.2) is 46.3 Å². The Balaban J connectivity index is 1.27. The van der Waals surface area contributed by atoms with E-state index in [0.29, 0.717) is 50.1 Å². The summed E-state index contributed by atoms with van der Waals surface area (Å²) < 4.78 is 46.7. The highest BCUT2D eigenvalue weighted by atomic mass is 19.4. The zero-order valence-electron chi connectivity index (χ0n) is 21.4. The van der Waals surface area contributed by atoms with E-state index in [2.05, 4.69) is 30.8 Å². The Labute approximate surface area is 224 Å². The van der Waals surface area contributed by atoms with Gasteiger partial charge in [-0.05, 0) is 49.8 Å². The Bertz CT molecular complexity index is 1080. The zero-order chi connectivity index (χ0) is 28.3. The van der Waals surface area contributed by atoms with E-state index in [4.69, 9.17) is 16.3 Å². The van der Waals surface area contributed by atoms with Crippen LogP contribution in [0.3, 0.4) is 0 Å². The minimum atomic E-state index is -4.80. The molecule has 2 aliphatic rings. The Kier molecular flexibility index (Phi) is 11.0. The van der Waals surface area contributed by atoms with Crippen molar-refractivity contribution in [2.45, 2.75) is 57.2 Å². The molecule has 0 radical (unpaired) electrons. The molecule has 11 nitrogen and oxygen atoms in total. The molecule has 0 aromatic heterocycles. The van der Waals surface area contributed by atoms with Crippen LogP contribution in [0, 0.1) is 5.92 Å². The molecule has 0 spiro atoms. The van der Waals surface area contributed by atoms with E-state index in [9.17, 15) is 22.8 Å². The highest BCUT2D eigenvalue weighted by Crippen LogP contribution is 2.38. The number of halogens is 3. The zero-order valence-corrected chi connectivity index (χ0v) is 21.4. The van der Waals surface area contributed by atoms with Crippen molar-refractivity contribution in [1.82, 2.24) is 16.0 Å². The standard InChI is InChI=1S/C25H34F3N7O4/c26-25(27,28)39-19-5-3-4-16(10-19)12-33-23(36)20(29)14-31-8-1-2-9-32-15-21(35-30)24(37)34-13-17-11-18-6-7-22(17)38-18/h3-5,10,14-15,17-18,22,31H,1-2,6-9,11-13,29-30H2,(H,33,36)(H,34,37)/b20-14-,32-15?,35-21?. The van der Waals surface area contributed by atoms with E-state index >= 15 is 0 Å². The number of ether oxygens (including phenoxy) is 2. The molecule has 2 amide bonds. The van der Waals surface area contributed by atoms with E-state index in [-0.39, 0.29) is 35.7 Å². The number of hydrazone groups is 1. The molecular formula is C25H34F3N7O4. The van der Waals surface area contributed by atoms with E-state index < -0.39 is 12.3 Å². The Hall–Kier alpha value is -3.81. The number of hydrogen-bond acceptors (Lipinski definition) is 9. The van der Waals surface area contributed by atoms with Crippen molar-refractivity contribution in [2.75, 3.05) is 19.6 Å². The number of benzene rings is 1. The molecule has 2 aliphatic heterocycles. The van der Waals surface area contributed by atoms with Crippen LogP contribution in [0.4, 0.5) is 13.2 Å². The molecule has 3 unspecified atom stereocenters. The molecular weight excluding hydrogens is 519 g/mol. The molecule has 7 N–H and O–H groups in total. The molecule has 3 atom stereocenters. The number of nitrogens with two attached hydrogens (primary N) is 2. The van der Waals surface area contributed by atoms with Gasteiger partial charge in [-0.3, -0.25) is 14.6 Å². The normalized spacial score (nSPS) is 21.3. The summed E-state index contributed by atoms with van der Waals surface area (Å²) in [6.45, 7) is 1.47. The maximum atomic E-state index is 12.3. The predicted molar refractivity (Wildman–Crippen MR) is 138 cm³/mol. The topological polar surface area (TPSA) is 165 Å². The van der Waals surface area contributed by atoms with Crippen molar-refractivity contribution < 1.29 is 32.2 Å². The lowest BCUT2D eigenvalue weighted by Crippen LogP contribution is -2.38. The molecule has 2 bridgehead atoms. The largest absolute Gasteiger partial charge is 0.573 e. The van der Waals surface area contributed by atoms with Gasteiger partial charge in [0.05, 0.1) is 18.4 Å². The van der Waals surface area contributed by atoms with Gasteiger partial charge in [0, 0.05) is 38.3 Å². The van der Waals surface area contributed by atoms with Gasteiger partial charge in [-0.1, -0.05) is 12.1 Å². The highest BCUT2D eigenvalue weighted by molar-refractivity contribution is 6.60. The fourth-order valence-corrected chi connectivity index (χ4v) is 4.39. The Morgan fingerprint density at radius 3 is 2.69 bits per heavy atom. The van der Waals surface area contributed by atoms with Crippen LogP contribution >= 0.6 is 0 Å². The highest BCUT2D eigenvalue weighted by Gasteiger charge is 2.40. The maximum Gasteiger partial charge on any atom is 0.573 e. The van der Waals surface area contributed by atoms with Crippen molar-refractivity contribution in [3.8, 4) is 5.75 Å². The number of unbranched alkanes of at least 4 members (excludes halogenated alkanes) is 1. The number of carbonyl (C=O) groups excluding carboxylic acids is 2. The first-order chi connectivity index (χ1) is 18.6. The molecule has 14 heteroatoms. The Morgan fingerprint density at radius 1 is 1.18 bits per heavy atom. The summed E-state index contributed by atoms with van der Waals surface area (Å²) in [7, 11) is 0. The van der Waals surface area contributed by atoms with Crippen molar-refractivity contribution in [2.24, 2.45) is 27.6 Å². The van der Waals surface area contributed by atoms with Crippen LogP contribution in [0.25, 0.3) is 0 Å². The number of nitrogens with one attached hydrogen (secondary N) is 3. The fraction of sp³-hybridized carbons (Fsp3) is 0.520. The molecule has 1 aromatic carbocycles. The molecule has 214 valence electrons. The SMILES string of the molecule is NN=C(C=NCCCCN/C=C(\N)C(=O)NCc1cccc(OC(F)(F)F)c1)C(=O)NCC1CC2CCC1O2. The molecule has 1 aromatic rings. The number of alkyl halides is 3. The number of aliphatic imine (C=N–C) groups is 1. The molecule has 39 heavy (non-hydrogen) atoms. The third kappa shape index (κ3) is 10.1. The van der Waals surface area contributed by atoms with Gasteiger partial charge in [-0.25, -0.2) is 0 Å². The molecule has 0 aliphatic carbocycles. The summed E-state index contributed by atoms with van der Waals surface area (Å²) in [6.07, 6.45) is 2.96. The average Bonchev–Trinajstić information content (AvgIpc) is 3.52. The van der Waals surface area contributed by atoms with Crippen molar-refractivity contribution in [1.29, 1.82) is 0 Å². The van der Waals surface area contributed by atoms with Crippen molar-refractivity contribution in [3.05, 3.63) is 41.7 Å². The van der Waals surface area contributed by atoms with E-state index in [1.807, 2.05) is 0 Å². The lowest BCUT2D eigenvalue weighted by molar-refractivity contribution is -0.274. The van der Waals surface area contributed by atoms with Crippen LogP contribution in [0.2, 0.25) is 0 Å².